The average Bonchev–Trinajstić information content (AvgIpc) is 3.42. The summed E-state index contributed by atoms with van der Waals surface area (Å²) < 4.78 is 17.7. The first kappa shape index (κ1) is 19.2. The summed E-state index contributed by atoms with van der Waals surface area (Å²) in [5.41, 5.74) is 1.05. The zero-order chi connectivity index (χ0) is 19.7. The van der Waals surface area contributed by atoms with Crippen molar-refractivity contribution in [3.05, 3.63) is 12.7 Å². The minimum absolute atomic E-state index is 0.165. The third-order valence-electron chi connectivity index (χ3n) is 4.87. The number of imidazole rings is 1. The molecule has 2 fully saturated rings. The van der Waals surface area contributed by atoms with E-state index in [0.717, 1.165) is 6.42 Å². The van der Waals surface area contributed by atoms with Gasteiger partial charge in [-0.25, -0.2) is 15.0 Å². The molecule has 2 aliphatic heterocycles. The minimum Gasteiger partial charge on any atom is -0.474 e. The lowest BCUT2D eigenvalue weighted by molar-refractivity contribution is -0.0333. The van der Waals surface area contributed by atoms with Crippen molar-refractivity contribution in [3.8, 4) is 0 Å². The molecule has 4 heterocycles. The Morgan fingerprint density at radius 2 is 2.21 bits per heavy atom. The molecule has 0 radical (unpaired) electrons. The monoisotopic (exact) mass is 410 g/mol. The van der Waals surface area contributed by atoms with E-state index in [2.05, 4.69) is 25.6 Å². The van der Waals surface area contributed by atoms with E-state index < -0.39 is 24.5 Å². The van der Waals surface area contributed by atoms with Gasteiger partial charge in [-0.3, -0.25) is 4.57 Å². The molecule has 11 nitrogen and oxygen atoms in total. The van der Waals surface area contributed by atoms with Crippen LogP contribution in [-0.4, -0.2) is 86.1 Å². The first-order valence-corrected chi connectivity index (χ1v) is 9.34. The maximum Gasteiger partial charge on any atom is 0.256 e. The Balaban J connectivity index is 1.54. The van der Waals surface area contributed by atoms with E-state index in [4.69, 9.17) is 26.4 Å². The Labute approximate surface area is 166 Å². The Morgan fingerprint density at radius 3 is 2.96 bits per heavy atom. The largest absolute Gasteiger partial charge is 0.474 e. The van der Waals surface area contributed by atoms with Crippen LogP contribution in [0.15, 0.2) is 12.7 Å². The zero-order valence-corrected chi connectivity index (χ0v) is 16.0. The number of nitrogens with zero attached hydrogens (tertiary/aromatic N) is 4. The molecule has 2 aromatic rings. The predicted octanol–water partition coefficient (Wildman–Crippen LogP) is -0.833. The van der Waals surface area contributed by atoms with Crippen LogP contribution in [0, 0.1) is 0 Å². The number of anilines is 1. The van der Waals surface area contributed by atoms with Crippen LogP contribution in [0.3, 0.4) is 0 Å². The second-order valence-electron chi connectivity index (χ2n) is 6.67. The number of fused-ring (bicyclic) bond motifs is 1. The molecule has 4 rings (SSSR count). The molecule has 0 spiro atoms. The topological polar surface area (TPSA) is 136 Å². The van der Waals surface area contributed by atoms with Crippen molar-refractivity contribution in [3.63, 3.8) is 0 Å². The van der Waals surface area contributed by atoms with Gasteiger partial charge >= 0.3 is 0 Å². The molecule has 12 heteroatoms. The Hall–Kier alpha value is -2.12. The summed E-state index contributed by atoms with van der Waals surface area (Å²) in [7, 11) is 1.44. The first-order chi connectivity index (χ1) is 13.6. The molecule has 0 aliphatic carbocycles. The fraction of sp³-hybridized carbons (Fsp3) is 0.625. The standard InChI is InChI=1S/C16H22N6O5S/c1-25-16(28)17-4-9-11(23)12(24)15(27-9)22-7-20-10-13(18-6-19-14(10)22)21-8-2-3-26-5-8/h6-9,11-12,15,23-24H,2-5H2,1H3,(H,17,28)(H,18,19,21)/t8-,9?,11?,12?,15?/m1/s1. The van der Waals surface area contributed by atoms with Gasteiger partial charge in [-0.1, -0.05) is 0 Å². The summed E-state index contributed by atoms with van der Waals surface area (Å²) in [6.45, 7) is 1.51. The highest BCUT2D eigenvalue weighted by Crippen LogP contribution is 2.32. The number of hydrogen-bond acceptors (Lipinski definition) is 10. The van der Waals surface area contributed by atoms with E-state index in [1.807, 2.05) is 0 Å². The maximum absolute atomic E-state index is 10.5. The molecule has 4 unspecified atom stereocenters. The SMILES string of the molecule is COC(=S)NCC1OC(n2cnc3c(N[C@@H]4CCOC4)ncnc32)C(O)C1O. The average molecular weight is 410 g/mol. The van der Waals surface area contributed by atoms with Crippen LogP contribution < -0.4 is 10.6 Å². The van der Waals surface area contributed by atoms with Gasteiger partial charge in [0.1, 0.15) is 24.6 Å². The summed E-state index contributed by atoms with van der Waals surface area (Å²) in [5.74, 6) is 0.593. The van der Waals surface area contributed by atoms with E-state index in [1.54, 1.807) is 4.57 Å². The van der Waals surface area contributed by atoms with Crippen LogP contribution in [0.25, 0.3) is 11.2 Å². The minimum atomic E-state index is -1.16. The molecular weight excluding hydrogens is 388 g/mol. The van der Waals surface area contributed by atoms with Crippen molar-refractivity contribution in [2.45, 2.75) is 37.0 Å². The molecule has 2 aromatic heterocycles. The van der Waals surface area contributed by atoms with Gasteiger partial charge in [0.25, 0.3) is 5.17 Å². The van der Waals surface area contributed by atoms with Crippen molar-refractivity contribution in [2.24, 2.45) is 0 Å². The van der Waals surface area contributed by atoms with Crippen LogP contribution in [0.1, 0.15) is 12.6 Å². The molecular formula is C16H22N6O5S. The summed E-state index contributed by atoms with van der Waals surface area (Å²) in [6, 6.07) is 0.165. The lowest BCUT2D eigenvalue weighted by atomic mass is 10.1. The number of hydrogen-bond donors (Lipinski definition) is 4. The molecule has 28 heavy (non-hydrogen) atoms. The van der Waals surface area contributed by atoms with Crippen molar-refractivity contribution >= 4 is 34.4 Å². The lowest BCUT2D eigenvalue weighted by Crippen LogP contribution is -2.39. The molecule has 0 bridgehead atoms. The van der Waals surface area contributed by atoms with Gasteiger partial charge in [-0.05, 0) is 18.6 Å². The molecule has 0 amide bonds. The van der Waals surface area contributed by atoms with Crippen LogP contribution in [0.5, 0.6) is 0 Å². The number of aromatic nitrogens is 4. The smallest absolute Gasteiger partial charge is 0.256 e. The number of thiocarbonyl (C=S) groups is 1. The van der Waals surface area contributed by atoms with Gasteiger partial charge in [0.15, 0.2) is 23.2 Å². The predicted molar refractivity (Wildman–Crippen MR) is 102 cm³/mol. The summed E-state index contributed by atoms with van der Waals surface area (Å²) in [6.07, 6.45) is 0.0415. The fourth-order valence-corrected chi connectivity index (χ4v) is 3.45. The summed E-state index contributed by atoms with van der Waals surface area (Å²) in [4.78, 5) is 12.9. The van der Waals surface area contributed by atoms with E-state index in [-0.39, 0.29) is 17.8 Å². The second-order valence-corrected chi connectivity index (χ2v) is 7.04. The zero-order valence-electron chi connectivity index (χ0n) is 15.2. The highest BCUT2D eigenvalue weighted by molar-refractivity contribution is 7.80. The normalized spacial score (nSPS) is 29.9. The maximum atomic E-state index is 10.5. The van der Waals surface area contributed by atoms with Gasteiger partial charge in [-0.2, -0.15) is 0 Å². The number of nitrogens with one attached hydrogen (secondary N) is 2. The number of aliphatic hydroxyl groups is 2. The van der Waals surface area contributed by atoms with Gasteiger partial charge in [-0.15, -0.1) is 0 Å². The van der Waals surface area contributed by atoms with Crippen molar-refractivity contribution < 1.29 is 24.4 Å². The van der Waals surface area contributed by atoms with E-state index in [0.29, 0.717) is 30.2 Å². The van der Waals surface area contributed by atoms with Crippen LogP contribution in [0.2, 0.25) is 0 Å². The van der Waals surface area contributed by atoms with Crippen LogP contribution >= 0.6 is 12.2 Å². The van der Waals surface area contributed by atoms with Crippen molar-refractivity contribution in [1.29, 1.82) is 0 Å². The molecule has 0 saturated carbocycles. The molecule has 152 valence electrons. The number of rotatable bonds is 5. The van der Waals surface area contributed by atoms with Crippen molar-refractivity contribution in [1.82, 2.24) is 24.8 Å². The summed E-state index contributed by atoms with van der Waals surface area (Å²) in [5, 5.41) is 27.1. The quantitative estimate of drug-likeness (QED) is 0.460. The second kappa shape index (κ2) is 8.09. The molecule has 4 N–H and O–H groups in total. The highest BCUT2D eigenvalue weighted by Gasteiger charge is 2.44. The van der Waals surface area contributed by atoms with E-state index in [9.17, 15) is 10.2 Å². The first-order valence-electron chi connectivity index (χ1n) is 8.93. The molecule has 5 atom stereocenters. The summed E-state index contributed by atoms with van der Waals surface area (Å²) >= 11 is 4.92. The van der Waals surface area contributed by atoms with Gasteiger partial charge < -0.3 is 35.1 Å². The fourth-order valence-electron chi connectivity index (χ4n) is 3.37. The molecule has 2 saturated heterocycles. The Kier molecular flexibility index (Phi) is 5.55. The molecule has 2 aliphatic rings. The van der Waals surface area contributed by atoms with E-state index >= 15 is 0 Å². The van der Waals surface area contributed by atoms with Gasteiger partial charge in [0, 0.05) is 13.2 Å². The third kappa shape index (κ3) is 3.61. The van der Waals surface area contributed by atoms with Gasteiger partial charge in [0.05, 0.1) is 26.1 Å². The third-order valence-corrected chi connectivity index (χ3v) is 5.18. The van der Waals surface area contributed by atoms with E-state index in [1.165, 1.54) is 19.8 Å². The van der Waals surface area contributed by atoms with Crippen LogP contribution in [0.4, 0.5) is 5.82 Å². The van der Waals surface area contributed by atoms with Crippen molar-refractivity contribution in [2.75, 3.05) is 32.2 Å². The number of aliphatic hydroxyl groups excluding tert-OH is 2. The van der Waals surface area contributed by atoms with Gasteiger partial charge in [0.2, 0.25) is 0 Å². The molecule has 0 aromatic carbocycles. The Morgan fingerprint density at radius 1 is 1.36 bits per heavy atom. The van der Waals surface area contributed by atoms with Crippen LogP contribution in [-0.2, 0) is 14.2 Å². The lowest BCUT2D eigenvalue weighted by Gasteiger charge is -2.17. The highest BCUT2D eigenvalue weighted by atomic mass is 32.1. The number of methoxy groups -OCH3 is 1. The number of ether oxygens (including phenoxy) is 3. The Bertz CT molecular complexity index is 844.